The highest BCUT2D eigenvalue weighted by molar-refractivity contribution is 5.87. The number of methoxy groups -OCH3 is 1. The van der Waals surface area contributed by atoms with Crippen LogP contribution in [0.25, 0.3) is 0 Å². The summed E-state index contributed by atoms with van der Waals surface area (Å²) in [7, 11) is 1.27. The van der Waals surface area contributed by atoms with Crippen LogP contribution in [-0.4, -0.2) is 181 Å². The second-order valence-corrected chi connectivity index (χ2v) is 43.6. The van der Waals surface area contributed by atoms with E-state index < -0.39 is 113 Å². The molecule has 5 aliphatic heterocycles. The molecule has 27 heteroatoms. The third kappa shape index (κ3) is 19.1. The summed E-state index contributed by atoms with van der Waals surface area (Å²) < 4.78 is 69.7. The zero-order valence-corrected chi connectivity index (χ0v) is 76.4. The van der Waals surface area contributed by atoms with Gasteiger partial charge in [0.25, 0.3) is 0 Å². The van der Waals surface area contributed by atoms with Gasteiger partial charge in [-0.2, -0.15) is 0 Å². The molecule has 0 aromatic rings. The molecule has 27 nitrogen and oxygen atoms in total. The second kappa shape index (κ2) is 36.0. The summed E-state index contributed by atoms with van der Waals surface area (Å²) in [6.45, 7) is 35.8. The molecule has 23 atom stereocenters. The van der Waals surface area contributed by atoms with E-state index in [9.17, 15) is 67.7 Å². The summed E-state index contributed by atoms with van der Waals surface area (Å²) in [4.78, 5) is 143. The Morgan fingerprint density at radius 2 is 0.877 bits per heavy atom. The number of carbonyl (C=O) groups is 12. The van der Waals surface area contributed by atoms with Crippen molar-refractivity contribution in [3.63, 3.8) is 0 Å². The van der Waals surface area contributed by atoms with Gasteiger partial charge in [-0.15, -0.1) is 0 Å². The second-order valence-electron chi connectivity index (χ2n) is 43.6. The molecule has 2 N–H and O–H groups in total. The van der Waals surface area contributed by atoms with Crippen LogP contribution in [0.5, 0.6) is 0 Å². The van der Waals surface area contributed by atoms with Crippen molar-refractivity contribution in [2.75, 3.05) is 26.9 Å². The summed E-state index contributed by atoms with van der Waals surface area (Å²) in [6.07, 6.45) is 20.2. The molecule has 23 unspecified atom stereocenters. The zero-order valence-electron chi connectivity index (χ0n) is 76.4. The lowest BCUT2D eigenvalue weighted by molar-refractivity contribution is -0.204. The van der Waals surface area contributed by atoms with Crippen LogP contribution < -0.4 is 0 Å². The van der Waals surface area contributed by atoms with Crippen LogP contribution in [0.1, 0.15) is 292 Å². The van der Waals surface area contributed by atoms with E-state index in [-0.39, 0.29) is 119 Å². The predicted molar refractivity (Wildman–Crippen MR) is 439 cm³/mol. The standard InChI is InChI=1S/C20H32O2.C18H24O8.2C16H26O3.C15H20O7.C10H16O4/c1-5-19(3,4)18(21)22-20(6-2)11-14-10-15(20)17-13-8-7-12(9-13)16(14)17;1-5-18(2,3)17(22)24-7-10(19)25-13-8-6-9-12(11(8)15(20)23-4)16(21)26-14(9)13;2*1-4-15(2,3)14(17)19-13-11-5-10-6-12(13)9-16(18,7-10)8-11;1-4-15(2,3)14(18)19-6-9(16)21-11-8-5-7-10(20-8)12(11)22-13(7)17;1-4-10(2,3)9(12)14-7-5-8(11)13-6-7/h12-17H,5-11H2,1-4H3;8-9,11-14H,5-7H2,1-4H3;2*10-13,18H,4-9H2,1-3H3;7-8,10-12H,4-6H2,1-3H3;7H,4-6H2,1-3H3. The van der Waals surface area contributed by atoms with Gasteiger partial charge in [0.05, 0.1) is 81.1 Å². The maximum atomic E-state index is 12.7. The van der Waals surface area contributed by atoms with E-state index >= 15 is 0 Å². The maximum absolute atomic E-state index is 12.7. The molecule has 686 valence electrons. The van der Waals surface area contributed by atoms with Gasteiger partial charge in [-0.05, 0) is 302 Å². The Morgan fingerprint density at radius 3 is 1.32 bits per heavy atom. The number of rotatable bonds is 24. The Bertz CT molecular complexity index is 3800. The van der Waals surface area contributed by atoms with E-state index in [4.69, 9.17) is 61.6 Å². The molecule has 122 heavy (non-hydrogen) atoms. The Balaban J connectivity index is 0.000000135. The summed E-state index contributed by atoms with van der Waals surface area (Å²) in [5.74, 6) is 2.28. The number of carbonyl (C=O) groups excluding carboxylic acids is 12. The van der Waals surface area contributed by atoms with Crippen LogP contribution >= 0.6 is 0 Å². The molecule has 16 bridgehead atoms. The van der Waals surface area contributed by atoms with Gasteiger partial charge in [0.15, 0.2) is 25.4 Å². The fourth-order valence-electron chi connectivity index (χ4n) is 24.2. The van der Waals surface area contributed by atoms with Crippen LogP contribution in [0.3, 0.4) is 0 Å². The zero-order chi connectivity index (χ0) is 89.4. The van der Waals surface area contributed by atoms with E-state index in [0.29, 0.717) is 73.5 Å². The third-order valence-corrected chi connectivity index (χ3v) is 33.3. The van der Waals surface area contributed by atoms with Crippen molar-refractivity contribution in [1.82, 2.24) is 0 Å². The highest BCUT2D eigenvalue weighted by Crippen LogP contribution is 2.71. The first-order chi connectivity index (χ1) is 57.1. The van der Waals surface area contributed by atoms with Crippen LogP contribution in [0, 0.1) is 133 Å². The van der Waals surface area contributed by atoms with Crippen LogP contribution in [0.15, 0.2) is 0 Å². The number of esters is 12. The summed E-state index contributed by atoms with van der Waals surface area (Å²) in [5.41, 5.74) is -3.92. The SMILES string of the molecule is CCC(C)(C)C(=O)OC1(CC)CC2CC1C1C3CCC(C3)C21.CCC(C)(C)C(=O)OC1C2CC3CC1CC(O)(C3)C2.CCC(C)(C)C(=O)OC1C2CC3CC1CC(O)(C3)C2.CCC(C)(C)C(=O)OC1COC(=O)C1.CCC(C)(C)C(=O)OCC(=O)OC1C2CC3C(=O)OC1C3O2.CCC(C)(C)C(=O)OCC(=O)OC1C2CC3C1OC(=O)C3C2C(=O)OC. The van der Waals surface area contributed by atoms with Gasteiger partial charge >= 0.3 is 71.6 Å². The van der Waals surface area contributed by atoms with Gasteiger partial charge in [-0.1, -0.05) is 48.5 Å². The highest BCUT2D eigenvalue weighted by atomic mass is 16.7. The van der Waals surface area contributed by atoms with Crippen molar-refractivity contribution in [2.45, 2.75) is 364 Å². The summed E-state index contributed by atoms with van der Waals surface area (Å²) >= 11 is 0. The number of cyclic esters (lactones) is 1. The van der Waals surface area contributed by atoms with E-state index in [2.05, 4.69) is 13.8 Å². The minimum Gasteiger partial charge on any atom is -0.469 e. The molecule has 19 fully saturated rings. The average molecular weight is 1720 g/mol. The number of hydrogen-bond acceptors (Lipinski definition) is 27. The molecule has 19 aliphatic rings. The van der Waals surface area contributed by atoms with Gasteiger partial charge in [0.2, 0.25) is 0 Å². The van der Waals surface area contributed by atoms with E-state index in [1.807, 2.05) is 90.0 Å². The van der Waals surface area contributed by atoms with E-state index in [1.165, 1.54) is 32.8 Å². The molecule has 19 rings (SSSR count). The van der Waals surface area contributed by atoms with E-state index in [1.54, 1.807) is 27.7 Å². The number of hydrogen-bond donors (Lipinski definition) is 2. The van der Waals surface area contributed by atoms with Crippen molar-refractivity contribution < 1.29 is 129 Å². The fraction of sp³-hybridized carbons (Fsp3) is 0.874. The normalized spacial score (nSPS) is 38.9. The van der Waals surface area contributed by atoms with Gasteiger partial charge in [-0.25, -0.2) is 9.59 Å². The molecule has 5 saturated heterocycles. The molecular formula is C95H144O27. The van der Waals surface area contributed by atoms with Gasteiger partial charge in [-0.3, -0.25) is 47.9 Å². The predicted octanol–water partition coefficient (Wildman–Crippen LogP) is 13.4. The van der Waals surface area contributed by atoms with Gasteiger partial charge in [0.1, 0.15) is 48.8 Å². The number of fused-ring (bicyclic) bond motifs is 11. The minimum absolute atomic E-state index is 0.0455. The Morgan fingerprint density at radius 1 is 0.434 bits per heavy atom. The quantitative estimate of drug-likeness (QED) is 0.0515. The highest BCUT2D eigenvalue weighted by Gasteiger charge is 2.72. The molecule has 0 spiro atoms. The monoisotopic (exact) mass is 1720 g/mol. The molecule has 0 aromatic carbocycles. The lowest BCUT2D eigenvalue weighted by Crippen LogP contribution is -2.58. The van der Waals surface area contributed by atoms with Crippen molar-refractivity contribution in [2.24, 2.45) is 133 Å². The van der Waals surface area contributed by atoms with Crippen molar-refractivity contribution >= 4 is 71.6 Å². The van der Waals surface area contributed by atoms with Crippen molar-refractivity contribution in [1.29, 1.82) is 0 Å². The molecule has 14 saturated carbocycles. The molecular weight excluding hydrogens is 1570 g/mol. The number of aliphatic hydroxyl groups is 2. The fourth-order valence-corrected chi connectivity index (χ4v) is 24.2. The molecule has 5 heterocycles. The average Bonchev–Trinajstić information content (AvgIpc) is 1.53. The number of ether oxygens (including phenoxy) is 13. The molecule has 0 radical (unpaired) electrons. The Kier molecular flexibility index (Phi) is 27.9. The lowest BCUT2D eigenvalue weighted by Gasteiger charge is -2.57. The molecule has 0 aromatic heterocycles. The summed E-state index contributed by atoms with van der Waals surface area (Å²) in [5, 5.41) is 21.0. The van der Waals surface area contributed by atoms with E-state index in [0.717, 1.165) is 126 Å². The molecule has 14 aliphatic carbocycles. The van der Waals surface area contributed by atoms with Crippen molar-refractivity contribution in [3.05, 3.63) is 0 Å². The van der Waals surface area contributed by atoms with Gasteiger partial charge < -0.3 is 71.8 Å². The van der Waals surface area contributed by atoms with Crippen LogP contribution in [0.2, 0.25) is 0 Å². The van der Waals surface area contributed by atoms with Crippen molar-refractivity contribution in [3.8, 4) is 0 Å². The lowest BCUT2D eigenvalue weighted by atomic mass is 9.53. The first-order valence-corrected chi connectivity index (χ1v) is 46.4. The third-order valence-electron chi connectivity index (χ3n) is 33.3. The van der Waals surface area contributed by atoms with Gasteiger partial charge in [0, 0.05) is 17.8 Å². The first kappa shape index (κ1) is 94.6. The minimum atomic E-state index is -0.717. The Labute approximate surface area is 721 Å². The first-order valence-electron chi connectivity index (χ1n) is 46.4. The Hall–Kier alpha value is -6.48. The van der Waals surface area contributed by atoms with Crippen LogP contribution in [-0.2, 0) is 119 Å². The molecule has 0 amide bonds. The topological polar surface area (TPSA) is 365 Å². The van der Waals surface area contributed by atoms with Crippen LogP contribution in [0.4, 0.5) is 0 Å². The maximum Gasteiger partial charge on any atom is 0.344 e. The summed E-state index contributed by atoms with van der Waals surface area (Å²) in [6, 6.07) is 0. The largest absolute Gasteiger partial charge is 0.469 e. The smallest absolute Gasteiger partial charge is 0.344 e.